The van der Waals surface area contributed by atoms with Crippen LogP contribution in [0, 0.1) is 11.8 Å². The first-order valence-corrected chi connectivity index (χ1v) is 16.2. The molecule has 3 unspecified atom stereocenters. The lowest BCUT2D eigenvalue weighted by Crippen LogP contribution is -2.55. The fraction of sp³-hybridized carbons (Fsp3) is 0.688. The van der Waals surface area contributed by atoms with Gasteiger partial charge in [0.2, 0.25) is 11.8 Å². The van der Waals surface area contributed by atoms with Crippen molar-refractivity contribution in [3.05, 3.63) is 29.8 Å². The molecule has 0 aromatic heterocycles. The van der Waals surface area contributed by atoms with Crippen molar-refractivity contribution < 1.29 is 33.5 Å². The zero-order valence-electron chi connectivity index (χ0n) is 26.5. The van der Waals surface area contributed by atoms with Gasteiger partial charge in [-0.05, 0) is 109 Å². The van der Waals surface area contributed by atoms with Crippen LogP contribution in [0.15, 0.2) is 29.3 Å². The van der Waals surface area contributed by atoms with Crippen LogP contribution in [0.5, 0.6) is 0 Å². The number of alkyl halides is 1. The zero-order valence-corrected chi connectivity index (χ0v) is 26.5. The minimum Gasteiger partial charge on any atom is -0.444 e. The Morgan fingerprint density at radius 2 is 1.76 bits per heavy atom. The molecule has 1 aliphatic carbocycles. The summed E-state index contributed by atoms with van der Waals surface area (Å²) < 4.78 is 19.3. The van der Waals surface area contributed by atoms with Gasteiger partial charge in [-0.15, -0.1) is 0 Å². The van der Waals surface area contributed by atoms with Crippen molar-refractivity contribution in [3.63, 3.8) is 0 Å². The molecule has 2 saturated heterocycles. The van der Waals surface area contributed by atoms with Crippen LogP contribution < -0.4 is 16.1 Å². The smallest absolute Gasteiger partial charge is 0.407 e. The van der Waals surface area contributed by atoms with E-state index in [1.54, 1.807) is 49.9 Å². The normalized spacial score (nSPS) is 28.2. The molecule has 3 amide bonds. The van der Waals surface area contributed by atoms with Crippen molar-refractivity contribution in [2.45, 2.75) is 102 Å². The number of rotatable bonds is 8. The van der Waals surface area contributed by atoms with E-state index in [0.717, 1.165) is 32.4 Å². The van der Waals surface area contributed by atoms with Crippen LogP contribution in [-0.4, -0.2) is 95.1 Å². The third-order valence-corrected chi connectivity index (χ3v) is 9.26. The number of alkyl carbamates (subject to hydrolysis) is 1. The second-order valence-electron chi connectivity index (χ2n) is 13.5. The number of hydrogen-bond donors (Lipinski definition) is 4. The summed E-state index contributed by atoms with van der Waals surface area (Å²) in [7, 11) is 0. The summed E-state index contributed by atoms with van der Waals surface area (Å²) >= 11 is 0. The molecule has 1 aromatic carbocycles. The molecule has 3 aliphatic heterocycles. The number of amidine groups is 1. The Balaban J connectivity index is 1.24. The van der Waals surface area contributed by atoms with Gasteiger partial charge in [0.25, 0.3) is 6.41 Å². The monoisotopic (exact) mass is 630 g/mol. The third-order valence-electron chi connectivity index (χ3n) is 9.26. The minimum absolute atomic E-state index is 0.0239. The number of hydroxylamine groups is 1. The number of aliphatic hydroxyl groups is 1. The Morgan fingerprint density at radius 3 is 2.36 bits per heavy atom. The van der Waals surface area contributed by atoms with Crippen molar-refractivity contribution in [3.8, 4) is 0 Å². The second-order valence-corrected chi connectivity index (χ2v) is 13.5. The average molecular weight is 631 g/mol. The van der Waals surface area contributed by atoms with Crippen molar-refractivity contribution in [1.29, 1.82) is 0 Å². The summed E-state index contributed by atoms with van der Waals surface area (Å²) in [4.78, 5) is 53.1. The van der Waals surface area contributed by atoms with Gasteiger partial charge in [0, 0.05) is 29.8 Å². The number of nitrogens with one attached hydrogen (secondary N) is 3. The summed E-state index contributed by atoms with van der Waals surface area (Å²) in [6.45, 7) is 6.92. The maximum Gasteiger partial charge on any atom is 0.407 e. The number of ether oxygens (including phenoxy) is 1. The summed E-state index contributed by atoms with van der Waals surface area (Å²) in [5, 5.41) is 15.2. The lowest BCUT2D eigenvalue weighted by Gasteiger charge is -2.38. The van der Waals surface area contributed by atoms with Crippen LogP contribution in [0.1, 0.15) is 77.7 Å². The highest BCUT2D eigenvalue weighted by Crippen LogP contribution is 2.35. The minimum atomic E-state index is -1.26. The number of nitrogens with zero attached hydrogens (tertiary/aromatic N) is 3. The summed E-state index contributed by atoms with van der Waals surface area (Å²) in [5.74, 6) is -0.189. The van der Waals surface area contributed by atoms with Crippen molar-refractivity contribution in [1.82, 2.24) is 20.6 Å². The fourth-order valence-corrected chi connectivity index (χ4v) is 7.05. The van der Waals surface area contributed by atoms with Gasteiger partial charge in [0.1, 0.15) is 18.3 Å². The van der Waals surface area contributed by atoms with Crippen LogP contribution in [0.4, 0.5) is 14.9 Å². The molecule has 3 fully saturated rings. The van der Waals surface area contributed by atoms with Crippen molar-refractivity contribution >= 4 is 29.4 Å². The SMILES string of the molecule is CC(C)(C)OC(=O)N[C@H](CF)[C@H]1CC[C@H](C(=O)N2CCC(N3CCCCC3)C2C(=O)Nc2ccc(C3=NC(O)ON3)cc2)CC1. The maximum absolute atomic E-state index is 14.0. The highest BCUT2D eigenvalue weighted by atomic mass is 19.1. The van der Waals surface area contributed by atoms with Gasteiger partial charge >= 0.3 is 6.09 Å². The Kier molecular flexibility index (Phi) is 10.6. The largest absolute Gasteiger partial charge is 0.444 e. The van der Waals surface area contributed by atoms with Gasteiger partial charge in [0.05, 0.1) is 6.04 Å². The average Bonchev–Trinajstić information content (AvgIpc) is 3.66. The van der Waals surface area contributed by atoms with Crippen molar-refractivity contribution in [2.24, 2.45) is 16.8 Å². The van der Waals surface area contributed by atoms with E-state index >= 15 is 0 Å². The second kappa shape index (κ2) is 14.4. The number of aliphatic hydroxyl groups excluding tert-OH is 1. The topological polar surface area (TPSA) is 145 Å². The van der Waals surface area contributed by atoms with Gasteiger partial charge in [-0.2, -0.15) is 0 Å². The molecule has 3 heterocycles. The molecule has 1 aromatic rings. The molecule has 13 heteroatoms. The van der Waals surface area contributed by atoms with Crippen LogP contribution in [-0.2, 0) is 19.2 Å². The molecule has 0 bridgehead atoms. The van der Waals surface area contributed by atoms with E-state index < -0.39 is 36.9 Å². The Morgan fingerprint density at radius 1 is 1.07 bits per heavy atom. The standard InChI is InChI=1S/C32H47FN6O6/c1-32(2,3)44-30(42)35-24(19-33)20-7-9-22(10-8-20)29(41)39-18-15-25(38-16-5-4-6-17-38)26(39)28(40)34-23-13-11-21(12-14-23)27-36-31(43)45-37-27/h11-14,20,22,24-26,31,43H,4-10,15-19H2,1-3H3,(H,34,40)(H,35,42)(H,36,37)/t20-,22-,24-,25?,26?,31?/m1/s1. The molecule has 4 aliphatic rings. The Labute approximate surface area is 264 Å². The number of aliphatic imine (C=N–C) groups is 1. The quantitative estimate of drug-likeness (QED) is 0.343. The predicted molar refractivity (Wildman–Crippen MR) is 166 cm³/mol. The first-order valence-electron chi connectivity index (χ1n) is 16.2. The number of amides is 3. The zero-order chi connectivity index (χ0) is 32.1. The number of likely N-dealkylation sites (tertiary alicyclic amines) is 2. The Hall–Kier alpha value is -3.29. The highest BCUT2D eigenvalue weighted by Gasteiger charge is 2.46. The molecule has 12 nitrogen and oxygen atoms in total. The molecule has 1 saturated carbocycles. The molecule has 0 radical (unpaired) electrons. The molecular formula is C32H47FN6O6. The molecule has 4 atom stereocenters. The van der Waals surface area contributed by atoms with E-state index in [4.69, 9.17) is 9.57 Å². The molecule has 5 rings (SSSR count). The van der Waals surface area contributed by atoms with Gasteiger partial charge in [0.15, 0.2) is 5.84 Å². The van der Waals surface area contributed by atoms with Crippen LogP contribution in [0.25, 0.3) is 0 Å². The molecular weight excluding hydrogens is 583 g/mol. The Bertz CT molecular complexity index is 1230. The number of piperidine rings is 1. The van der Waals surface area contributed by atoms with Gasteiger partial charge < -0.3 is 25.4 Å². The fourth-order valence-electron chi connectivity index (χ4n) is 7.05. The van der Waals surface area contributed by atoms with Crippen LogP contribution >= 0.6 is 0 Å². The number of halogens is 1. The van der Waals surface area contributed by atoms with E-state index in [1.807, 2.05) is 0 Å². The number of hydrogen-bond acceptors (Lipinski definition) is 9. The van der Waals surface area contributed by atoms with E-state index in [9.17, 15) is 23.9 Å². The lowest BCUT2D eigenvalue weighted by atomic mass is 9.78. The molecule has 45 heavy (non-hydrogen) atoms. The van der Waals surface area contributed by atoms with Gasteiger partial charge in [-0.3, -0.25) is 14.5 Å². The number of anilines is 1. The summed E-state index contributed by atoms with van der Waals surface area (Å²) in [6, 6.07) is 5.71. The van der Waals surface area contributed by atoms with E-state index in [0.29, 0.717) is 49.3 Å². The van der Waals surface area contributed by atoms with E-state index in [2.05, 4.69) is 26.0 Å². The predicted octanol–water partition coefficient (Wildman–Crippen LogP) is 3.31. The lowest BCUT2D eigenvalue weighted by molar-refractivity contribution is -0.142. The van der Waals surface area contributed by atoms with Crippen molar-refractivity contribution in [2.75, 3.05) is 31.6 Å². The highest BCUT2D eigenvalue weighted by molar-refractivity contribution is 6.01. The van der Waals surface area contributed by atoms with Gasteiger partial charge in [-0.1, -0.05) is 6.42 Å². The molecule has 0 spiro atoms. The summed E-state index contributed by atoms with van der Waals surface area (Å²) in [5.41, 5.74) is 3.18. The summed E-state index contributed by atoms with van der Waals surface area (Å²) in [6.07, 6.45) is 4.53. The van der Waals surface area contributed by atoms with E-state index in [-0.39, 0.29) is 29.7 Å². The molecule has 248 valence electrons. The number of benzene rings is 1. The number of carbonyl (C=O) groups is 3. The first kappa shape index (κ1) is 33.1. The van der Waals surface area contributed by atoms with Gasteiger partial charge in [-0.25, -0.2) is 24.5 Å². The third kappa shape index (κ3) is 8.30. The number of carbonyl (C=O) groups excluding carboxylic acids is 3. The van der Waals surface area contributed by atoms with Crippen LogP contribution in [0.3, 0.4) is 0 Å². The molecule has 4 N–H and O–H groups in total. The van der Waals surface area contributed by atoms with Crippen LogP contribution in [0.2, 0.25) is 0 Å². The first-order chi connectivity index (χ1) is 21.5. The maximum atomic E-state index is 14.0. The van der Waals surface area contributed by atoms with E-state index in [1.165, 1.54) is 6.42 Å².